The number of aryl methyl sites for hydroxylation is 1. The summed E-state index contributed by atoms with van der Waals surface area (Å²) >= 11 is 0. The van der Waals surface area contributed by atoms with Crippen molar-refractivity contribution in [3.05, 3.63) is 35.9 Å². The van der Waals surface area contributed by atoms with Crippen LogP contribution in [0.5, 0.6) is 0 Å². The molecule has 2 N–H and O–H groups in total. The molecule has 204 valence electrons. The molecule has 2 saturated heterocycles. The number of hydrogen-bond donors (Lipinski definition) is 2. The maximum Gasteiger partial charge on any atom is 0.328 e. The Kier molecular flexibility index (Phi) is 10.3. The average molecular weight is 517 g/mol. The fourth-order valence-corrected chi connectivity index (χ4v) is 5.37. The number of carbonyl (C=O) groups excluding carboxylic acids is 4. The van der Waals surface area contributed by atoms with Crippen molar-refractivity contribution in [1.29, 1.82) is 0 Å². The summed E-state index contributed by atoms with van der Waals surface area (Å²) < 4.78 is 10.6. The molecule has 10 heteroatoms. The Morgan fingerprint density at radius 3 is 2.43 bits per heavy atom. The molecule has 0 saturated carbocycles. The van der Waals surface area contributed by atoms with E-state index >= 15 is 0 Å². The molecule has 0 spiro atoms. The van der Waals surface area contributed by atoms with Crippen LogP contribution < -0.4 is 10.6 Å². The summed E-state index contributed by atoms with van der Waals surface area (Å²) in [5, 5.41) is 5.81. The summed E-state index contributed by atoms with van der Waals surface area (Å²) in [6.07, 6.45) is 2.29. The topological polar surface area (TPSA) is 117 Å². The largest absolute Gasteiger partial charge is 0.465 e. The van der Waals surface area contributed by atoms with Crippen LogP contribution in [0.4, 0.5) is 4.79 Å². The highest BCUT2D eigenvalue weighted by atomic mass is 16.5. The second-order valence-electron chi connectivity index (χ2n) is 9.58. The number of urea groups is 1. The van der Waals surface area contributed by atoms with Crippen LogP contribution in [0, 0.1) is 5.92 Å². The van der Waals surface area contributed by atoms with Crippen LogP contribution in [-0.2, 0) is 30.3 Å². The van der Waals surface area contributed by atoms with Crippen molar-refractivity contribution >= 4 is 23.9 Å². The Morgan fingerprint density at radius 1 is 1.08 bits per heavy atom. The third-order valence-corrected chi connectivity index (χ3v) is 7.21. The summed E-state index contributed by atoms with van der Waals surface area (Å²) in [6, 6.07) is 7.14. The number of carbonyl (C=O) groups is 4. The van der Waals surface area contributed by atoms with Gasteiger partial charge in [-0.15, -0.1) is 0 Å². The minimum Gasteiger partial charge on any atom is -0.465 e. The first-order valence-electron chi connectivity index (χ1n) is 13.2. The fraction of sp³-hybridized carbons (Fsp3) is 0.630. The zero-order valence-corrected chi connectivity index (χ0v) is 22.3. The molecular formula is C27H40N4O6. The molecule has 2 aliphatic rings. The van der Waals surface area contributed by atoms with E-state index in [1.165, 1.54) is 0 Å². The van der Waals surface area contributed by atoms with E-state index in [2.05, 4.69) is 10.6 Å². The number of nitrogens with zero attached hydrogens (tertiary/aromatic N) is 2. The van der Waals surface area contributed by atoms with Crippen LogP contribution in [0.3, 0.4) is 0 Å². The van der Waals surface area contributed by atoms with Gasteiger partial charge in [-0.25, -0.2) is 9.59 Å². The predicted octanol–water partition coefficient (Wildman–Crippen LogP) is 1.72. The lowest BCUT2D eigenvalue weighted by molar-refractivity contribution is -0.155. The molecule has 0 aromatic heterocycles. The van der Waals surface area contributed by atoms with Crippen LogP contribution in [0.15, 0.2) is 30.3 Å². The van der Waals surface area contributed by atoms with Gasteiger partial charge in [-0.05, 0) is 57.9 Å². The number of hydrogen-bond acceptors (Lipinski definition) is 7. The second kappa shape index (κ2) is 13.4. The molecule has 0 unspecified atom stereocenters. The molecule has 10 nitrogen and oxygen atoms in total. The van der Waals surface area contributed by atoms with Gasteiger partial charge >= 0.3 is 18.0 Å². The van der Waals surface area contributed by atoms with Crippen molar-refractivity contribution in [3.63, 3.8) is 0 Å². The van der Waals surface area contributed by atoms with Crippen LogP contribution >= 0.6 is 0 Å². The van der Waals surface area contributed by atoms with E-state index in [-0.39, 0.29) is 37.1 Å². The summed E-state index contributed by atoms with van der Waals surface area (Å²) in [5.74, 6) is -1.05. The molecule has 3 rings (SSSR count). The van der Waals surface area contributed by atoms with Crippen molar-refractivity contribution in [2.24, 2.45) is 5.92 Å². The van der Waals surface area contributed by atoms with Crippen molar-refractivity contribution < 1.29 is 28.7 Å². The number of nitrogens with one attached hydrogen (secondary N) is 2. The molecule has 3 amide bonds. The summed E-state index contributed by atoms with van der Waals surface area (Å²) in [4.78, 5) is 55.0. The standard InChI is InChI=1S/C27H40N4O6/c1-5-36-25(33)21(13-12-19-10-8-7-9-11-19)29-18(3)24(32)31-22(26(34)37-6-2)16-20-14-15-30(17-23(20)31)27(35)28-4/h7-11,18,20-23,29H,5-6,12-17H2,1-4H3,(H,28,35)/t18-,20+,21+,22+,23-/m0/s1. The molecule has 2 heterocycles. The third-order valence-electron chi connectivity index (χ3n) is 7.21. The molecule has 0 radical (unpaired) electrons. The molecule has 1 aromatic rings. The Balaban J connectivity index is 1.78. The van der Waals surface area contributed by atoms with E-state index in [1.807, 2.05) is 30.3 Å². The molecule has 2 aliphatic heterocycles. The first-order valence-corrected chi connectivity index (χ1v) is 13.2. The van der Waals surface area contributed by atoms with Gasteiger partial charge in [-0.1, -0.05) is 30.3 Å². The van der Waals surface area contributed by atoms with Crippen molar-refractivity contribution in [3.8, 4) is 0 Å². The fourth-order valence-electron chi connectivity index (χ4n) is 5.37. The van der Waals surface area contributed by atoms with Crippen molar-refractivity contribution in [2.75, 3.05) is 33.4 Å². The van der Waals surface area contributed by atoms with E-state index in [1.54, 1.807) is 37.6 Å². The SMILES string of the molecule is CCOC(=O)[C@H]1C[C@H]2CCN(C(=O)NC)C[C@@H]2N1C(=O)[C@H](C)N[C@H](CCc1ccccc1)C(=O)OCC. The first kappa shape index (κ1) is 28.4. The first-order chi connectivity index (χ1) is 17.8. The minimum absolute atomic E-state index is 0.0883. The highest BCUT2D eigenvalue weighted by Crippen LogP contribution is 2.37. The molecule has 37 heavy (non-hydrogen) atoms. The molecule has 5 atom stereocenters. The van der Waals surface area contributed by atoms with Gasteiger partial charge in [0.25, 0.3) is 0 Å². The van der Waals surface area contributed by atoms with E-state index < -0.39 is 30.1 Å². The van der Waals surface area contributed by atoms with Crippen molar-refractivity contribution in [1.82, 2.24) is 20.4 Å². The summed E-state index contributed by atoms with van der Waals surface area (Å²) in [7, 11) is 1.57. The number of benzene rings is 1. The number of fused-ring (bicyclic) bond motifs is 1. The quantitative estimate of drug-likeness (QED) is 0.455. The maximum atomic E-state index is 13.8. The molecule has 2 fully saturated rings. The highest BCUT2D eigenvalue weighted by Gasteiger charge is 2.51. The smallest absolute Gasteiger partial charge is 0.328 e. The lowest BCUT2D eigenvalue weighted by Crippen LogP contribution is -2.59. The van der Waals surface area contributed by atoms with Gasteiger partial charge in [0, 0.05) is 20.1 Å². The minimum atomic E-state index is -0.753. The number of esters is 2. The maximum absolute atomic E-state index is 13.8. The Morgan fingerprint density at radius 2 is 1.78 bits per heavy atom. The number of amides is 3. The average Bonchev–Trinajstić information content (AvgIpc) is 3.29. The number of rotatable bonds is 10. The number of ether oxygens (including phenoxy) is 2. The van der Waals surface area contributed by atoms with E-state index in [4.69, 9.17) is 9.47 Å². The normalized spacial score (nSPS) is 22.5. The van der Waals surface area contributed by atoms with Gasteiger partial charge in [0.15, 0.2) is 0 Å². The van der Waals surface area contributed by atoms with Gasteiger partial charge in [0.05, 0.1) is 25.3 Å². The van der Waals surface area contributed by atoms with E-state index in [0.717, 1.165) is 5.56 Å². The highest BCUT2D eigenvalue weighted by molar-refractivity contribution is 5.89. The number of piperidine rings is 1. The predicted molar refractivity (Wildman–Crippen MR) is 138 cm³/mol. The number of likely N-dealkylation sites (tertiary alicyclic amines) is 2. The van der Waals surface area contributed by atoms with E-state index in [9.17, 15) is 19.2 Å². The molecule has 1 aromatic carbocycles. The molecule has 0 aliphatic carbocycles. The molecular weight excluding hydrogens is 476 g/mol. The summed E-state index contributed by atoms with van der Waals surface area (Å²) in [5.41, 5.74) is 1.08. The van der Waals surface area contributed by atoms with Crippen molar-refractivity contribution in [2.45, 2.75) is 70.6 Å². The van der Waals surface area contributed by atoms with Gasteiger partial charge in [0.1, 0.15) is 12.1 Å². The summed E-state index contributed by atoms with van der Waals surface area (Å²) in [6.45, 7) is 6.54. The van der Waals surface area contributed by atoms with E-state index in [0.29, 0.717) is 38.8 Å². The lowest BCUT2D eigenvalue weighted by Gasteiger charge is -2.39. The van der Waals surface area contributed by atoms with Crippen LogP contribution in [-0.4, -0.2) is 91.2 Å². The second-order valence-corrected chi connectivity index (χ2v) is 9.58. The zero-order valence-electron chi connectivity index (χ0n) is 22.3. The van der Waals surface area contributed by atoms with Gasteiger partial charge in [-0.3, -0.25) is 14.9 Å². The zero-order chi connectivity index (χ0) is 26.9. The van der Waals surface area contributed by atoms with Gasteiger partial charge in [-0.2, -0.15) is 0 Å². The Hall–Kier alpha value is -3.14. The third kappa shape index (κ3) is 7.00. The van der Waals surface area contributed by atoms with Gasteiger partial charge in [0.2, 0.25) is 5.91 Å². The van der Waals surface area contributed by atoms with Crippen LogP contribution in [0.2, 0.25) is 0 Å². The Labute approximate surface area is 219 Å². The lowest BCUT2D eigenvalue weighted by atomic mass is 9.91. The van der Waals surface area contributed by atoms with Gasteiger partial charge < -0.3 is 24.6 Å². The monoisotopic (exact) mass is 516 g/mol. The van der Waals surface area contributed by atoms with Crippen LogP contribution in [0.1, 0.15) is 45.6 Å². The molecule has 0 bridgehead atoms. The van der Waals surface area contributed by atoms with Crippen LogP contribution in [0.25, 0.3) is 0 Å². The Bertz CT molecular complexity index is 942.